The minimum atomic E-state index is 0.621. The van der Waals surface area contributed by atoms with E-state index in [0.717, 1.165) is 13.1 Å². The number of rotatable bonds is 4. The van der Waals surface area contributed by atoms with Gasteiger partial charge in [0.1, 0.15) is 0 Å². The van der Waals surface area contributed by atoms with Crippen molar-refractivity contribution in [2.24, 2.45) is 0 Å². The number of hydrogen-bond acceptors (Lipinski definition) is 3. The molecule has 3 nitrogen and oxygen atoms in total. The largest absolute Gasteiger partial charge is 0.314 e. The van der Waals surface area contributed by atoms with Crippen LogP contribution in [0.4, 0.5) is 0 Å². The van der Waals surface area contributed by atoms with E-state index in [1.165, 1.54) is 25.8 Å². The number of nitrogens with zero attached hydrogens (tertiary/aromatic N) is 2. The zero-order valence-corrected chi connectivity index (χ0v) is 8.42. The maximum Gasteiger partial charge on any atom is 0.0635 e. The van der Waals surface area contributed by atoms with Gasteiger partial charge in [-0.2, -0.15) is 5.26 Å². The van der Waals surface area contributed by atoms with Crippen molar-refractivity contribution in [3.8, 4) is 6.07 Å². The fraction of sp³-hybridized carbons (Fsp3) is 0.900. The Labute approximate surface area is 80.7 Å². The number of likely N-dealkylation sites (tertiary alicyclic amines) is 1. The maximum atomic E-state index is 8.35. The Bertz CT molecular complexity index is 173. The fourth-order valence-electron chi connectivity index (χ4n) is 1.81. The van der Waals surface area contributed by atoms with E-state index in [1.54, 1.807) is 0 Å². The molecule has 0 aromatic rings. The van der Waals surface area contributed by atoms with Crippen molar-refractivity contribution < 1.29 is 0 Å². The van der Waals surface area contributed by atoms with Crippen LogP contribution in [0.1, 0.15) is 25.7 Å². The third-order valence-electron chi connectivity index (χ3n) is 2.72. The lowest BCUT2D eigenvalue weighted by molar-refractivity contribution is 0.182. The molecule has 0 spiro atoms. The van der Waals surface area contributed by atoms with E-state index in [1.807, 2.05) is 0 Å². The average molecular weight is 181 g/mol. The molecule has 1 N–H and O–H groups in total. The second-order valence-electron chi connectivity index (χ2n) is 3.74. The standard InChI is InChI=1S/C10H19N3/c1-13-8-3-2-5-10(13)9-12-7-4-6-11/h10,12H,2-5,7-9H2,1H3. The van der Waals surface area contributed by atoms with E-state index >= 15 is 0 Å². The highest BCUT2D eigenvalue weighted by Gasteiger charge is 2.17. The number of likely N-dealkylation sites (N-methyl/N-ethyl adjacent to an activating group) is 1. The second-order valence-corrected chi connectivity index (χ2v) is 3.74. The van der Waals surface area contributed by atoms with Gasteiger partial charge in [0.15, 0.2) is 0 Å². The van der Waals surface area contributed by atoms with Crippen molar-refractivity contribution in [3.63, 3.8) is 0 Å². The van der Waals surface area contributed by atoms with E-state index in [-0.39, 0.29) is 0 Å². The van der Waals surface area contributed by atoms with Crippen LogP contribution in [0.3, 0.4) is 0 Å². The summed E-state index contributed by atoms with van der Waals surface area (Å²) in [6.07, 6.45) is 4.62. The first-order chi connectivity index (χ1) is 6.34. The first-order valence-electron chi connectivity index (χ1n) is 5.12. The van der Waals surface area contributed by atoms with E-state index in [4.69, 9.17) is 5.26 Å². The van der Waals surface area contributed by atoms with E-state index in [0.29, 0.717) is 12.5 Å². The molecule has 1 fully saturated rings. The molecule has 0 aliphatic carbocycles. The molecule has 1 heterocycles. The van der Waals surface area contributed by atoms with Crippen LogP contribution in [-0.2, 0) is 0 Å². The van der Waals surface area contributed by atoms with Crippen LogP contribution in [0, 0.1) is 11.3 Å². The first-order valence-corrected chi connectivity index (χ1v) is 5.12. The molecule has 0 bridgehead atoms. The van der Waals surface area contributed by atoms with Gasteiger partial charge >= 0.3 is 0 Å². The van der Waals surface area contributed by atoms with Crippen molar-refractivity contribution in [1.29, 1.82) is 5.26 Å². The van der Waals surface area contributed by atoms with Crippen molar-refractivity contribution in [3.05, 3.63) is 0 Å². The van der Waals surface area contributed by atoms with Crippen molar-refractivity contribution in [1.82, 2.24) is 10.2 Å². The molecule has 74 valence electrons. The SMILES string of the molecule is CN1CCCCC1CNCCC#N. The molecule has 0 aromatic heterocycles. The number of nitrogens with one attached hydrogen (secondary N) is 1. The molecule has 1 atom stereocenters. The lowest BCUT2D eigenvalue weighted by atomic mass is 10.0. The number of hydrogen-bond donors (Lipinski definition) is 1. The highest BCUT2D eigenvalue weighted by atomic mass is 15.2. The molecule has 1 saturated heterocycles. The molecule has 1 unspecified atom stereocenters. The van der Waals surface area contributed by atoms with E-state index in [9.17, 15) is 0 Å². The Morgan fingerprint density at radius 3 is 3.08 bits per heavy atom. The molecule has 0 aromatic carbocycles. The van der Waals surface area contributed by atoms with Crippen LogP contribution in [-0.4, -0.2) is 37.6 Å². The molecule has 0 amide bonds. The van der Waals surface area contributed by atoms with Crippen LogP contribution in [0.15, 0.2) is 0 Å². The van der Waals surface area contributed by atoms with Crippen LogP contribution < -0.4 is 5.32 Å². The Morgan fingerprint density at radius 2 is 2.38 bits per heavy atom. The Balaban J connectivity index is 2.09. The summed E-state index contributed by atoms with van der Waals surface area (Å²) >= 11 is 0. The molecule has 0 saturated carbocycles. The maximum absolute atomic E-state index is 8.35. The van der Waals surface area contributed by atoms with Gasteiger partial charge in [0.2, 0.25) is 0 Å². The van der Waals surface area contributed by atoms with Crippen molar-refractivity contribution >= 4 is 0 Å². The topological polar surface area (TPSA) is 39.1 Å². The monoisotopic (exact) mass is 181 g/mol. The minimum absolute atomic E-state index is 0.621. The molecule has 0 radical (unpaired) electrons. The molecule has 1 aliphatic rings. The van der Waals surface area contributed by atoms with Crippen molar-refractivity contribution in [2.75, 3.05) is 26.7 Å². The summed E-state index contributed by atoms with van der Waals surface area (Å²) < 4.78 is 0. The molecule has 1 rings (SSSR count). The lowest BCUT2D eigenvalue weighted by Gasteiger charge is -2.32. The van der Waals surface area contributed by atoms with Crippen LogP contribution >= 0.6 is 0 Å². The first kappa shape index (κ1) is 10.5. The lowest BCUT2D eigenvalue weighted by Crippen LogP contribution is -2.43. The summed E-state index contributed by atoms with van der Waals surface area (Å²) in [5, 5.41) is 11.7. The van der Waals surface area contributed by atoms with Gasteiger partial charge in [-0.3, -0.25) is 0 Å². The smallest absolute Gasteiger partial charge is 0.0635 e. The summed E-state index contributed by atoms with van der Waals surface area (Å²) in [5.41, 5.74) is 0. The molecular formula is C10H19N3. The number of piperidine rings is 1. The quantitative estimate of drug-likeness (QED) is 0.657. The Morgan fingerprint density at radius 1 is 1.54 bits per heavy atom. The van der Waals surface area contributed by atoms with Gasteiger partial charge < -0.3 is 10.2 Å². The summed E-state index contributed by atoms with van der Waals surface area (Å²) in [7, 11) is 2.19. The predicted octanol–water partition coefficient (Wildman–Crippen LogP) is 0.974. The molecule has 3 heteroatoms. The van der Waals surface area contributed by atoms with Gasteiger partial charge in [0.25, 0.3) is 0 Å². The highest BCUT2D eigenvalue weighted by Crippen LogP contribution is 2.13. The summed E-state index contributed by atoms with van der Waals surface area (Å²) in [4.78, 5) is 2.42. The third-order valence-corrected chi connectivity index (χ3v) is 2.72. The third kappa shape index (κ3) is 3.75. The van der Waals surface area contributed by atoms with Gasteiger partial charge in [-0.15, -0.1) is 0 Å². The Hall–Kier alpha value is -0.590. The van der Waals surface area contributed by atoms with Crippen molar-refractivity contribution in [2.45, 2.75) is 31.7 Å². The second kappa shape index (κ2) is 5.95. The van der Waals surface area contributed by atoms with Crippen LogP contribution in [0.5, 0.6) is 0 Å². The zero-order valence-electron chi connectivity index (χ0n) is 8.42. The average Bonchev–Trinajstić information content (AvgIpc) is 2.15. The van der Waals surface area contributed by atoms with E-state index in [2.05, 4.69) is 23.3 Å². The fourth-order valence-corrected chi connectivity index (χ4v) is 1.81. The van der Waals surface area contributed by atoms with Gasteiger partial charge in [0, 0.05) is 25.6 Å². The van der Waals surface area contributed by atoms with Gasteiger partial charge in [0.05, 0.1) is 6.07 Å². The highest BCUT2D eigenvalue weighted by molar-refractivity contribution is 4.77. The summed E-state index contributed by atoms with van der Waals surface area (Å²) in [6.45, 7) is 3.10. The summed E-state index contributed by atoms with van der Waals surface area (Å²) in [5.74, 6) is 0. The number of nitriles is 1. The minimum Gasteiger partial charge on any atom is -0.314 e. The predicted molar refractivity (Wildman–Crippen MR) is 53.4 cm³/mol. The molecule has 1 aliphatic heterocycles. The normalized spacial score (nSPS) is 24.2. The van der Waals surface area contributed by atoms with Gasteiger partial charge in [-0.1, -0.05) is 6.42 Å². The molecular weight excluding hydrogens is 162 g/mol. The van der Waals surface area contributed by atoms with Crippen LogP contribution in [0.25, 0.3) is 0 Å². The van der Waals surface area contributed by atoms with Gasteiger partial charge in [-0.05, 0) is 26.4 Å². The van der Waals surface area contributed by atoms with Crippen LogP contribution in [0.2, 0.25) is 0 Å². The van der Waals surface area contributed by atoms with E-state index < -0.39 is 0 Å². The zero-order chi connectivity index (χ0) is 9.52. The summed E-state index contributed by atoms with van der Waals surface area (Å²) in [6, 6.07) is 2.83. The Kier molecular flexibility index (Phi) is 4.81. The molecule has 13 heavy (non-hydrogen) atoms. The van der Waals surface area contributed by atoms with Gasteiger partial charge in [-0.25, -0.2) is 0 Å².